The molecule has 0 aliphatic heterocycles. The molecular formula is C30H36NO6P. The predicted molar refractivity (Wildman–Crippen MR) is 149 cm³/mol. The fourth-order valence-electron chi connectivity index (χ4n) is 4.55. The number of amides is 1. The van der Waals surface area contributed by atoms with Crippen LogP contribution in [0.15, 0.2) is 60.7 Å². The highest BCUT2D eigenvalue weighted by Crippen LogP contribution is 2.40. The normalized spacial score (nSPS) is 13.4. The molecule has 3 rings (SSSR count). The van der Waals surface area contributed by atoms with Crippen LogP contribution in [0.25, 0.3) is 0 Å². The van der Waals surface area contributed by atoms with Crippen molar-refractivity contribution in [2.45, 2.75) is 52.2 Å². The van der Waals surface area contributed by atoms with Gasteiger partial charge in [-0.05, 0) is 85.5 Å². The van der Waals surface area contributed by atoms with E-state index in [-0.39, 0.29) is 24.1 Å². The van der Waals surface area contributed by atoms with Crippen molar-refractivity contribution in [2.75, 3.05) is 13.3 Å². The molecule has 3 N–H and O–H groups in total. The molecule has 0 aliphatic carbocycles. The highest BCUT2D eigenvalue weighted by atomic mass is 31.2. The molecule has 8 heteroatoms. The minimum atomic E-state index is -3.18. The second kappa shape index (κ2) is 12.9. The molecule has 202 valence electrons. The van der Waals surface area contributed by atoms with Gasteiger partial charge in [0.2, 0.25) is 7.37 Å². The van der Waals surface area contributed by atoms with Crippen molar-refractivity contribution in [3.8, 4) is 5.75 Å². The Kier molecular flexibility index (Phi) is 9.90. The van der Waals surface area contributed by atoms with Crippen LogP contribution in [0.1, 0.15) is 57.1 Å². The summed E-state index contributed by atoms with van der Waals surface area (Å²) in [5.41, 5.74) is 5.75. The Morgan fingerprint density at radius 3 is 2.24 bits per heavy atom. The average molecular weight is 538 g/mol. The molecule has 2 atom stereocenters. The van der Waals surface area contributed by atoms with Gasteiger partial charge in [-0.1, -0.05) is 48.5 Å². The van der Waals surface area contributed by atoms with E-state index < -0.39 is 25.3 Å². The summed E-state index contributed by atoms with van der Waals surface area (Å²) < 4.78 is 17.0. The summed E-state index contributed by atoms with van der Waals surface area (Å²) in [5, 5.41) is 13.2. The van der Waals surface area contributed by atoms with E-state index in [4.69, 9.17) is 4.74 Å². The molecule has 7 nitrogen and oxygen atoms in total. The van der Waals surface area contributed by atoms with E-state index in [2.05, 4.69) is 5.32 Å². The summed E-state index contributed by atoms with van der Waals surface area (Å²) in [6, 6.07) is 17.5. The quantitative estimate of drug-likeness (QED) is 0.226. The SMILES string of the molecule is CCOC(=O)C(CCc1ccccc1)NC(=O)c1cc(Cc2c(C)cc(CP(C)(=O)O)cc2C)ccc1O. The predicted octanol–water partition coefficient (Wildman–Crippen LogP) is 5.29. The molecule has 3 aromatic carbocycles. The Labute approximate surface area is 224 Å². The van der Waals surface area contributed by atoms with Crippen LogP contribution in [0.5, 0.6) is 5.75 Å². The number of esters is 1. The van der Waals surface area contributed by atoms with Gasteiger partial charge in [0.15, 0.2) is 0 Å². The largest absolute Gasteiger partial charge is 0.507 e. The summed E-state index contributed by atoms with van der Waals surface area (Å²) in [6.07, 6.45) is 1.56. The van der Waals surface area contributed by atoms with Gasteiger partial charge in [-0.3, -0.25) is 9.36 Å². The van der Waals surface area contributed by atoms with Crippen LogP contribution < -0.4 is 5.32 Å². The smallest absolute Gasteiger partial charge is 0.328 e. The van der Waals surface area contributed by atoms with Crippen molar-refractivity contribution in [3.05, 3.63) is 99.6 Å². The summed E-state index contributed by atoms with van der Waals surface area (Å²) in [4.78, 5) is 35.5. The number of phenols is 1. The first-order chi connectivity index (χ1) is 18.0. The summed E-state index contributed by atoms with van der Waals surface area (Å²) >= 11 is 0. The lowest BCUT2D eigenvalue weighted by Crippen LogP contribution is -2.42. The number of ether oxygens (including phenoxy) is 1. The van der Waals surface area contributed by atoms with Crippen molar-refractivity contribution in [1.29, 1.82) is 0 Å². The van der Waals surface area contributed by atoms with E-state index in [0.29, 0.717) is 19.3 Å². The standard InChI is InChI=1S/C30H36NO6P/c1-5-37-30(34)27(13-11-22-9-7-6-8-10-22)31-29(33)26-18-23(12-14-28(26)32)17-25-20(2)15-24(16-21(25)3)19-38(4,35)36/h6-10,12,14-16,18,27,32H,5,11,13,17,19H2,1-4H3,(H,31,33)(H,35,36). The highest BCUT2D eigenvalue weighted by molar-refractivity contribution is 7.56. The zero-order valence-electron chi connectivity index (χ0n) is 22.4. The molecule has 0 fully saturated rings. The maximum absolute atomic E-state index is 13.2. The van der Waals surface area contributed by atoms with Gasteiger partial charge in [-0.25, -0.2) is 4.79 Å². The molecule has 0 bridgehead atoms. The number of carbonyl (C=O) groups is 2. The first kappa shape index (κ1) is 29.2. The van der Waals surface area contributed by atoms with Crippen molar-refractivity contribution in [3.63, 3.8) is 0 Å². The molecule has 1 amide bonds. The van der Waals surface area contributed by atoms with Crippen molar-refractivity contribution >= 4 is 19.2 Å². The molecule has 0 aromatic heterocycles. The van der Waals surface area contributed by atoms with E-state index in [1.807, 2.05) is 56.3 Å². The van der Waals surface area contributed by atoms with Gasteiger partial charge >= 0.3 is 5.97 Å². The molecule has 0 saturated heterocycles. The first-order valence-electron chi connectivity index (χ1n) is 12.7. The van der Waals surface area contributed by atoms with Crippen LogP contribution >= 0.6 is 7.37 Å². The second-order valence-electron chi connectivity index (χ2n) is 9.75. The summed E-state index contributed by atoms with van der Waals surface area (Å²) in [5.74, 6) is -1.25. The van der Waals surface area contributed by atoms with Crippen LogP contribution in [-0.2, 0) is 33.1 Å². The molecule has 0 saturated carbocycles. The Balaban J connectivity index is 1.79. The molecule has 0 aliphatic rings. The highest BCUT2D eigenvalue weighted by Gasteiger charge is 2.24. The van der Waals surface area contributed by atoms with E-state index in [1.165, 1.54) is 12.7 Å². The number of hydrogen-bond acceptors (Lipinski definition) is 5. The number of phenolic OH excluding ortho intramolecular Hbond substituents is 1. The fourth-order valence-corrected chi connectivity index (χ4v) is 5.41. The third-order valence-electron chi connectivity index (χ3n) is 6.36. The molecule has 2 unspecified atom stereocenters. The third-order valence-corrected chi connectivity index (χ3v) is 7.31. The van der Waals surface area contributed by atoms with Crippen LogP contribution in [0.3, 0.4) is 0 Å². The third kappa shape index (κ3) is 8.30. The lowest BCUT2D eigenvalue weighted by Gasteiger charge is -2.18. The van der Waals surface area contributed by atoms with Crippen LogP contribution in [0.2, 0.25) is 0 Å². The Bertz CT molecular complexity index is 1310. The lowest BCUT2D eigenvalue weighted by molar-refractivity contribution is -0.145. The average Bonchev–Trinajstić information content (AvgIpc) is 2.84. The summed E-state index contributed by atoms with van der Waals surface area (Å²) in [6.45, 7) is 7.17. The molecule has 0 radical (unpaired) electrons. The topological polar surface area (TPSA) is 113 Å². The van der Waals surface area contributed by atoms with Gasteiger partial charge in [0.1, 0.15) is 11.8 Å². The maximum Gasteiger partial charge on any atom is 0.328 e. The van der Waals surface area contributed by atoms with Gasteiger partial charge in [0.05, 0.1) is 12.2 Å². The number of benzene rings is 3. The van der Waals surface area contributed by atoms with Gasteiger partial charge in [0, 0.05) is 12.8 Å². The Hall–Kier alpha value is -3.41. The second-order valence-corrected chi connectivity index (χ2v) is 12.2. The number of rotatable bonds is 11. The monoisotopic (exact) mass is 537 g/mol. The van der Waals surface area contributed by atoms with Crippen LogP contribution in [0.4, 0.5) is 0 Å². The first-order valence-corrected chi connectivity index (χ1v) is 15.0. The molecule has 0 spiro atoms. The maximum atomic E-state index is 13.2. The zero-order valence-corrected chi connectivity index (χ0v) is 23.3. The van der Waals surface area contributed by atoms with E-state index in [1.54, 1.807) is 19.1 Å². The Morgan fingerprint density at radius 2 is 1.63 bits per heavy atom. The van der Waals surface area contributed by atoms with Gasteiger partial charge in [-0.15, -0.1) is 0 Å². The zero-order chi connectivity index (χ0) is 27.9. The number of hydrogen-bond donors (Lipinski definition) is 3. The van der Waals surface area contributed by atoms with Crippen molar-refractivity contribution in [2.24, 2.45) is 0 Å². The molecule has 3 aromatic rings. The van der Waals surface area contributed by atoms with Crippen molar-refractivity contribution < 1.29 is 28.9 Å². The van der Waals surface area contributed by atoms with Gasteiger partial charge < -0.3 is 20.1 Å². The molecule has 38 heavy (non-hydrogen) atoms. The van der Waals surface area contributed by atoms with Crippen molar-refractivity contribution in [1.82, 2.24) is 5.32 Å². The fraction of sp³-hybridized carbons (Fsp3) is 0.333. The minimum absolute atomic E-state index is 0.0793. The summed E-state index contributed by atoms with van der Waals surface area (Å²) in [7, 11) is -3.18. The van der Waals surface area contributed by atoms with E-state index in [9.17, 15) is 24.2 Å². The minimum Gasteiger partial charge on any atom is -0.507 e. The van der Waals surface area contributed by atoms with E-state index >= 15 is 0 Å². The molecular weight excluding hydrogens is 501 g/mol. The lowest BCUT2D eigenvalue weighted by atomic mass is 9.93. The number of carbonyl (C=O) groups excluding carboxylic acids is 2. The van der Waals surface area contributed by atoms with E-state index in [0.717, 1.165) is 33.4 Å². The van der Waals surface area contributed by atoms with Gasteiger partial charge in [-0.2, -0.15) is 0 Å². The Morgan fingerprint density at radius 1 is 0.974 bits per heavy atom. The number of nitrogens with one attached hydrogen (secondary N) is 1. The number of aromatic hydroxyl groups is 1. The van der Waals surface area contributed by atoms with Crippen LogP contribution in [-0.4, -0.2) is 41.2 Å². The van der Waals surface area contributed by atoms with Gasteiger partial charge in [0.25, 0.3) is 5.91 Å². The molecule has 0 heterocycles. The van der Waals surface area contributed by atoms with Crippen LogP contribution in [0, 0.1) is 13.8 Å². The number of aryl methyl sites for hydroxylation is 3.